The fraction of sp³-hybridized carbons (Fsp3) is 0. The molecule has 0 saturated carbocycles. The molecule has 6 aromatic carbocycles. The summed E-state index contributed by atoms with van der Waals surface area (Å²) < 4.78 is 17.5. The average molecular weight is 681 g/mol. The molecular weight excluding hydrogens is 657 g/mol. The van der Waals surface area contributed by atoms with E-state index in [4.69, 9.17) is 8.83 Å². The Morgan fingerprint density at radius 3 is 1.20 bits per heavy atom. The van der Waals surface area contributed by atoms with E-state index in [1.807, 2.05) is 70.4 Å². The molecule has 0 N–H and O–H groups in total. The highest BCUT2D eigenvalue weighted by Gasteiger charge is 2.14. The quantitative estimate of drug-likeness (QED) is 0.185. The van der Waals surface area contributed by atoms with E-state index in [0.29, 0.717) is 0 Å². The molecule has 0 bridgehead atoms. The van der Waals surface area contributed by atoms with Crippen LogP contribution in [0.15, 0.2) is 154 Å². The van der Waals surface area contributed by atoms with E-state index in [2.05, 4.69) is 109 Å². The van der Waals surface area contributed by atoms with Gasteiger partial charge in [-0.05, 0) is 82.6 Å². The Morgan fingerprint density at radius 1 is 0.327 bits per heavy atom. The number of benzene rings is 6. The van der Waals surface area contributed by atoms with Crippen molar-refractivity contribution in [2.45, 2.75) is 0 Å². The Balaban J connectivity index is 0.912. The average Bonchev–Trinajstić information content (AvgIpc) is 3.97. The maximum atomic E-state index is 6.10. The molecule has 11 rings (SSSR count). The summed E-state index contributed by atoms with van der Waals surface area (Å²) in [7, 11) is 0. The number of thiophene rings is 3. The molecule has 0 aliphatic carbocycles. The lowest BCUT2D eigenvalue weighted by Gasteiger charge is -2.00. The van der Waals surface area contributed by atoms with Crippen LogP contribution in [0, 0.1) is 0 Å². The van der Waals surface area contributed by atoms with E-state index in [9.17, 15) is 0 Å². The SMILES string of the molecule is c1ccc2oc(-c3ccc(-c4cc5cc6c(cc5s4)sc4cc5sc(-c7ccc(-c8cc9ccccc9o8)cc7)cc5cc46)cc3)cc2c1. The van der Waals surface area contributed by atoms with Crippen LogP contribution >= 0.6 is 34.0 Å². The summed E-state index contributed by atoms with van der Waals surface area (Å²) in [4.78, 5) is 2.56. The van der Waals surface area contributed by atoms with Crippen LogP contribution in [0.3, 0.4) is 0 Å². The highest BCUT2D eigenvalue weighted by Crippen LogP contribution is 2.44. The number of para-hydroxylation sites is 2. The largest absolute Gasteiger partial charge is 0.456 e. The number of furan rings is 2. The van der Waals surface area contributed by atoms with Gasteiger partial charge in [-0.25, -0.2) is 0 Å². The summed E-state index contributed by atoms with van der Waals surface area (Å²) >= 11 is 5.63. The van der Waals surface area contributed by atoms with Crippen molar-refractivity contribution in [1.29, 1.82) is 0 Å². The van der Waals surface area contributed by atoms with Crippen LogP contribution in [0.25, 0.3) is 106 Å². The molecule has 0 atom stereocenters. The van der Waals surface area contributed by atoms with Crippen molar-refractivity contribution < 1.29 is 8.83 Å². The van der Waals surface area contributed by atoms with Crippen LogP contribution in [0.4, 0.5) is 0 Å². The Labute approximate surface area is 292 Å². The molecule has 5 heterocycles. The molecule has 5 aromatic heterocycles. The van der Waals surface area contributed by atoms with Crippen LogP contribution in [0.2, 0.25) is 0 Å². The first-order valence-electron chi connectivity index (χ1n) is 16.2. The smallest absolute Gasteiger partial charge is 0.135 e. The minimum atomic E-state index is 0.903. The van der Waals surface area contributed by atoms with Gasteiger partial charge in [0.1, 0.15) is 22.7 Å². The maximum absolute atomic E-state index is 6.10. The molecule has 49 heavy (non-hydrogen) atoms. The third-order valence-corrected chi connectivity index (χ3v) is 12.9. The third-order valence-electron chi connectivity index (χ3n) is 9.51. The summed E-state index contributed by atoms with van der Waals surface area (Å²) in [5.74, 6) is 1.81. The standard InChI is InChI=1S/C44H24O2S3/c1-3-7-35-29(5-1)19-37(45-35)25-9-13-27(14-10-25)39-21-31-17-33-34-18-32-22-40(48-42(32)24-44(34)49-43(33)23-41(31)47-39)28-15-11-26(12-16-28)38-20-30-6-2-4-8-36(30)46-38/h1-24H. The van der Waals surface area contributed by atoms with E-state index in [-0.39, 0.29) is 0 Å². The number of hydrogen-bond acceptors (Lipinski definition) is 5. The summed E-state index contributed by atoms with van der Waals surface area (Å²) in [6.45, 7) is 0. The Bertz CT molecular complexity index is 2760. The third kappa shape index (κ3) is 4.51. The topological polar surface area (TPSA) is 26.3 Å². The van der Waals surface area contributed by atoms with Gasteiger partial charge >= 0.3 is 0 Å². The second kappa shape index (κ2) is 10.5. The van der Waals surface area contributed by atoms with Crippen molar-refractivity contribution in [1.82, 2.24) is 0 Å². The van der Waals surface area contributed by atoms with Gasteiger partial charge in [0.25, 0.3) is 0 Å². The summed E-state index contributed by atoms with van der Waals surface area (Å²) in [6, 6.07) is 52.3. The van der Waals surface area contributed by atoms with Gasteiger partial charge in [0.2, 0.25) is 0 Å². The number of rotatable bonds is 4. The Morgan fingerprint density at radius 2 is 0.755 bits per heavy atom. The van der Waals surface area contributed by atoms with Gasteiger partial charge in [0, 0.05) is 61.2 Å². The van der Waals surface area contributed by atoms with Crippen LogP contribution in [0.5, 0.6) is 0 Å². The van der Waals surface area contributed by atoms with Crippen molar-refractivity contribution in [3.63, 3.8) is 0 Å². The summed E-state index contributed by atoms with van der Waals surface area (Å²) in [5.41, 5.74) is 6.49. The van der Waals surface area contributed by atoms with Gasteiger partial charge in [0.05, 0.1) is 0 Å². The monoisotopic (exact) mass is 680 g/mol. The zero-order valence-corrected chi connectivity index (χ0v) is 28.3. The second-order valence-corrected chi connectivity index (χ2v) is 15.8. The van der Waals surface area contributed by atoms with Crippen molar-refractivity contribution in [3.8, 4) is 43.5 Å². The van der Waals surface area contributed by atoms with Gasteiger partial charge in [-0.3, -0.25) is 0 Å². The molecule has 0 spiro atoms. The minimum Gasteiger partial charge on any atom is -0.456 e. The zero-order valence-electron chi connectivity index (χ0n) is 25.9. The zero-order chi connectivity index (χ0) is 32.1. The Kier molecular flexibility index (Phi) is 5.90. The molecule has 5 heteroatoms. The van der Waals surface area contributed by atoms with E-state index < -0.39 is 0 Å². The van der Waals surface area contributed by atoms with E-state index in [1.54, 1.807) is 0 Å². The fourth-order valence-electron chi connectivity index (χ4n) is 6.98. The first kappa shape index (κ1) is 27.5. The van der Waals surface area contributed by atoms with Crippen LogP contribution in [-0.2, 0) is 0 Å². The van der Waals surface area contributed by atoms with E-state index in [0.717, 1.165) is 44.6 Å². The van der Waals surface area contributed by atoms with Crippen molar-refractivity contribution >= 4 is 96.3 Å². The first-order valence-corrected chi connectivity index (χ1v) is 18.7. The molecule has 230 valence electrons. The Hall–Kier alpha value is -5.46. The molecule has 0 saturated heterocycles. The van der Waals surface area contributed by atoms with Gasteiger partial charge in [-0.2, -0.15) is 0 Å². The minimum absolute atomic E-state index is 0.903. The highest BCUT2D eigenvalue weighted by atomic mass is 32.1. The van der Waals surface area contributed by atoms with Crippen LogP contribution < -0.4 is 0 Å². The molecule has 11 aromatic rings. The van der Waals surface area contributed by atoms with E-state index in [1.165, 1.54) is 61.2 Å². The maximum Gasteiger partial charge on any atom is 0.135 e. The van der Waals surface area contributed by atoms with Gasteiger partial charge < -0.3 is 8.83 Å². The number of hydrogen-bond donors (Lipinski definition) is 0. The molecule has 0 radical (unpaired) electrons. The molecule has 0 aliphatic heterocycles. The fourth-order valence-corrected chi connectivity index (χ4v) is 10.5. The molecular formula is C44H24O2S3. The predicted octanol–water partition coefficient (Wildman–Crippen LogP) is 14.6. The van der Waals surface area contributed by atoms with Crippen molar-refractivity contribution in [3.05, 3.63) is 146 Å². The molecule has 0 aliphatic rings. The molecule has 2 nitrogen and oxygen atoms in total. The second-order valence-electron chi connectivity index (χ2n) is 12.5. The van der Waals surface area contributed by atoms with Gasteiger partial charge in [0.15, 0.2) is 0 Å². The lowest BCUT2D eigenvalue weighted by Crippen LogP contribution is -1.75. The van der Waals surface area contributed by atoms with E-state index >= 15 is 0 Å². The summed E-state index contributed by atoms with van der Waals surface area (Å²) in [5, 5.41) is 7.52. The lowest BCUT2D eigenvalue weighted by molar-refractivity contribution is 0.631. The van der Waals surface area contributed by atoms with Crippen LogP contribution in [-0.4, -0.2) is 0 Å². The van der Waals surface area contributed by atoms with Crippen LogP contribution in [0.1, 0.15) is 0 Å². The number of fused-ring (bicyclic) bond motifs is 7. The molecule has 0 fully saturated rings. The van der Waals surface area contributed by atoms with Crippen molar-refractivity contribution in [2.24, 2.45) is 0 Å². The van der Waals surface area contributed by atoms with Gasteiger partial charge in [-0.15, -0.1) is 34.0 Å². The molecule has 0 amide bonds. The summed E-state index contributed by atoms with van der Waals surface area (Å²) in [6.07, 6.45) is 0. The highest BCUT2D eigenvalue weighted by molar-refractivity contribution is 7.27. The van der Waals surface area contributed by atoms with Gasteiger partial charge in [-0.1, -0.05) is 84.9 Å². The molecule has 0 unspecified atom stereocenters. The first-order chi connectivity index (χ1) is 24.2. The van der Waals surface area contributed by atoms with Crippen molar-refractivity contribution in [2.75, 3.05) is 0 Å². The normalized spacial score (nSPS) is 12.1. The lowest BCUT2D eigenvalue weighted by atomic mass is 10.1. The predicted molar refractivity (Wildman–Crippen MR) is 211 cm³/mol.